The van der Waals surface area contributed by atoms with Crippen LogP contribution in [-0.4, -0.2) is 43.6 Å². The largest absolute Gasteiger partial charge is 0.342 e. The molecule has 1 aliphatic heterocycles. The summed E-state index contributed by atoms with van der Waals surface area (Å²) in [5, 5.41) is 4.48. The molecule has 3 heterocycles. The lowest BCUT2D eigenvalue weighted by atomic mass is 10.0. The van der Waals surface area contributed by atoms with E-state index in [1.807, 2.05) is 17.0 Å². The first-order valence-electron chi connectivity index (χ1n) is 9.64. The lowest BCUT2D eigenvalue weighted by Crippen LogP contribution is -2.36. The second-order valence-corrected chi connectivity index (χ2v) is 7.22. The van der Waals surface area contributed by atoms with Gasteiger partial charge in [-0.2, -0.15) is 5.10 Å². The number of carbonyl (C=O) groups is 1. The number of amides is 1. The lowest BCUT2D eigenvalue weighted by Gasteiger charge is -2.28. The first-order chi connectivity index (χ1) is 14.0. The number of nitrogens with zero attached hydrogens (tertiary/aromatic N) is 4. The molecule has 150 valence electrons. The van der Waals surface area contributed by atoms with Gasteiger partial charge in [-0.25, -0.2) is 9.37 Å². The van der Waals surface area contributed by atoms with Gasteiger partial charge in [-0.1, -0.05) is 29.8 Å². The Hall–Kier alpha value is -3.29. The topological polar surface area (TPSA) is 83.9 Å². The molecule has 2 aromatic heterocycles. The van der Waals surface area contributed by atoms with Gasteiger partial charge >= 0.3 is 0 Å². The van der Waals surface area contributed by atoms with Crippen molar-refractivity contribution >= 4 is 23.0 Å². The molecular weight excluding hydrogens is 373 g/mol. The standard InChI is InChI=1S/C21H22FN5O2/c1-26-20-16(13-23-26)21(29)25-18(24-20)6-7-19(28)27-10-8-14(9-11-27)12-15-4-2-3-5-17(15)22/h2-5,12-13H,6-11H2,1H3,(H,24,25,29). The van der Waals surface area contributed by atoms with Crippen LogP contribution in [0.25, 0.3) is 17.1 Å². The van der Waals surface area contributed by atoms with Gasteiger partial charge in [-0.3, -0.25) is 14.3 Å². The van der Waals surface area contributed by atoms with Gasteiger partial charge in [0.25, 0.3) is 5.56 Å². The van der Waals surface area contributed by atoms with Crippen molar-refractivity contribution in [1.82, 2.24) is 24.6 Å². The number of hydrogen-bond acceptors (Lipinski definition) is 4. The highest BCUT2D eigenvalue weighted by Crippen LogP contribution is 2.21. The van der Waals surface area contributed by atoms with E-state index in [0.29, 0.717) is 41.9 Å². The summed E-state index contributed by atoms with van der Waals surface area (Å²) in [6.07, 6.45) is 5.47. The van der Waals surface area contributed by atoms with Crippen LogP contribution < -0.4 is 5.56 Å². The number of aromatic nitrogens is 4. The summed E-state index contributed by atoms with van der Waals surface area (Å²) >= 11 is 0. The van der Waals surface area contributed by atoms with Gasteiger partial charge < -0.3 is 9.88 Å². The Labute approximate surface area is 166 Å². The van der Waals surface area contributed by atoms with Crippen molar-refractivity contribution < 1.29 is 9.18 Å². The maximum absolute atomic E-state index is 13.8. The molecule has 0 spiro atoms. The van der Waals surface area contributed by atoms with Crippen LogP contribution >= 0.6 is 0 Å². The maximum Gasteiger partial charge on any atom is 0.262 e. The minimum atomic E-state index is -0.244. The van der Waals surface area contributed by atoms with Gasteiger partial charge in [-0.05, 0) is 18.9 Å². The van der Waals surface area contributed by atoms with E-state index in [-0.39, 0.29) is 23.7 Å². The number of fused-ring (bicyclic) bond motifs is 1. The number of aromatic amines is 1. The smallest absolute Gasteiger partial charge is 0.262 e. The molecule has 29 heavy (non-hydrogen) atoms. The van der Waals surface area contributed by atoms with E-state index in [2.05, 4.69) is 15.1 Å². The Morgan fingerprint density at radius 2 is 2.03 bits per heavy atom. The summed E-state index contributed by atoms with van der Waals surface area (Å²) < 4.78 is 15.3. The fraction of sp³-hybridized carbons (Fsp3) is 0.333. The zero-order valence-corrected chi connectivity index (χ0v) is 16.2. The summed E-state index contributed by atoms with van der Waals surface area (Å²) in [7, 11) is 1.73. The molecule has 1 amide bonds. The Bertz CT molecular complexity index is 1140. The van der Waals surface area contributed by atoms with E-state index < -0.39 is 0 Å². The quantitative estimate of drug-likeness (QED) is 0.735. The molecule has 0 radical (unpaired) electrons. The van der Waals surface area contributed by atoms with Crippen molar-refractivity contribution in [2.45, 2.75) is 25.7 Å². The summed E-state index contributed by atoms with van der Waals surface area (Å²) in [6.45, 7) is 1.23. The van der Waals surface area contributed by atoms with Crippen molar-refractivity contribution in [3.05, 3.63) is 63.6 Å². The fourth-order valence-electron chi connectivity index (χ4n) is 3.58. The number of nitrogens with one attached hydrogen (secondary N) is 1. The van der Waals surface area contributed by atoms with Gasteiger partial charge in [0.2, 0.25) is 5.91 Å². The predicted octanol–water partition coefficient (Wildman–Crippen LogP) is 2.43. The third-order valence-electron chi connectivity index (χ3n) is 5.25. The van der Waals surface area contributed by atoms with Crippen molar-refractivity contribution in [2.75, 3.05) is 13.1 Å². The van der Waals surface area contributed by atoms with Crippen LogP contribution in [0, 0.1) is 5.82 Å². The molecule has 1 aliphatic rings. The molecule has 3 aromatic rings. The van der Waals surface area contributed by atoms with E-state index in [0.717, 1.165) is 18.4 Å². The Kier molecular flexibility index (Phi) is 5.24. The summed E-state index contributed by atoms with van der Waals surface area (Å²) in [4.78, 5) is 33.6. The molecular formula is C21H22FN5O2. The van der Waals surface area contributed by atoms with Gasteiger partial charge in [0.1, 0.15) is 17.0 Å². The zero-order chi connectivity index (χ0) is 20.4. The highest BCUT2D eigenvalue weighted by Gasteiger charge is 2.19. The van der Waals surface area contributed by atoms with Gasteiger partial charge in [0, 0.05) is 38.5 Å². The minimum Gasteiger partial charge on any atom is -0.342 e. The summed E-state index contributed by atoms with van der Waals surface area (Å²) in [5.74, 6) is 0.282. The Morgan fingerprint density at radius 1 is 1.28 bits per heavy atom. The number of halogens is 1. The van der Waals surface area contributed by atoms with Crippen molar-refractivity contribution in [1.29, 1.82) is 0 Å². The van der Waals surface area contributed by atoms with Crippen LogP contribution in [0.5, 0.6) is 0 Å². The van der Waals surface area contributed by atoms with Crippen molar-refractivity contribution in [3.63, 3.8) is 0 Å². The first-order valence-corrected chi connectivity index (χ1v) is 9.64. The van der Waals surface area contributed by atoms with Crippen LogP contribution in [0.4, 0.5) is 4.39 Å². The molecule has 0 bridgehead atoms. The highest BCUT2D eigenvalue weighted by molar-refractivity contribution is 5.77. The minimum absolute atomic E-state index is 0.0303. The van der Waals surface area contributed by atoms with Crippen molar-refractivity contribution in [2.24, 2.45) is 7.05 Å². The normalized spacial score (nSPS) is 14.4. The average molecular weight is 395 g/mol. The number of rotatable bonds is 4. The van der Waals surface area contributed by atoms with Crippen LogP contribution in [-0.2, 0) is 18.3 Å². The molecule has 0 saturated carbocycles. The molecule has 1 saturated heterocycles. The monoisotopic (exact) mass is 395 g/mol. The number of piperidine rings is 1. The number of aryl methyl sites for hydroxylation is 2. The fourth-order valence-corrected chi connectivity index (χ4v) is 3.58. The van der Waals surface area contributed by atoms with Crippen LogP contribution in [0.2, 0.25) is 0 Å². The van der Waals surface area contributed by atoms with Gasteiger partial charge in [0.15, 0.2) is 5.65 Å². The van der Waals surface area contributed by atoms with Gasteiger partial charge in [-0.15, -0.1) is 0 Å². The van der Waals surface area contributed by atoms with Crippen molar-refractivity contribution in [3.8, 4) is 0 Å². The molecule has 1 fully saturated rings. The molecule has 0 atom stereocenters. The highest BCUT2D eigenvalue weighted by atomic mass is 19.1. The molecule has 0 aliphatic carbocycles. The molecule has 0 unspecified atom stereocenters. The zero-order valence-electron chi connectivity index (χ0n) is 16.2. The van der Waals surface area contributed by atoms with Crippen LogP contribution in [0.15, 0.2) is 40.8 Å². The second-order valence-electron chi connectivity index (χ2n) is 7.22. The summed E-state index contributed by atoms with van der Waals surface area (Å²) in [5.41, 5.74) is 2.00. The van der Waals surface area contributed by atoms with Crippen LogP contribution in [0.3, 0.4) is 0 Å². The van der Waals surface area contributed by atoms with E-state index in [1.54, 1.807) is 23.9 Å². The third kappa shape index (κ3) is 4.11. The van der Waals surface area contributed by atoms with E-state index in [1.165, 1.54) is 12.3 Å². The number of benzene rings is 1. The lowest BCUT2D eigenvalue weighted by molar-refractivity contribution is -0.131. The van der Waals surface area contributed by atoms with E-state index in [4.69, 9.17) is 0 Å². The first kappa shape index (κ1) is 19.0. The molecule has 4 rings (SSSR count). The summed E-state index contributed by atoms with van der Waals surface area (Å²) in [6, 6.07) is 6.70. The predicted molar refractivity (Wildman–Crippen MR) is 108 cm³/mol. The Balaban J connectivity index is 1.35. The average Bonchev–Trinajstić information content (AvgIpc) is 3.10. The molecule has 8 heteroatoms. The maximum atomic E-state index is 13.8. The van der Waals surface area contributed by atoms with Crippen LogP contribution in [0.1, 0.15) is 30.7 Å². The molecule has 7 nitrogen and oxygen atoms in total. The van der Waals surface area contributed by atoms with Gasteiger partial charge in [0.05, 0.1) is 6.20 Å². The number of hydrogen-bond donors (Lipinski definition) is 1. The number of carbonyl (C=O) groups excluding carboxylic acids is 1. The molecule has 1 N–H and O–H groups in total. The second kappa shape index (κ2) is 7.98. The number of H-pyrrole nitrogens is 1. The molecule has 1 aromatic carbocycles. The number of likely N-dealkylation sites (tertiary alicyclic amines) is 1. The Morgan fingerprint density at radius 3 is 2.79 bits per heavy atom. The van der Waals surface area contributed by atoms with E-state index in [9.17, 15) is 14.0 Å². The third-order valence-corrected chi connectivity index (χ3v) is 5.25. The SMILES string of the molecule is Cn1ncc2c(=O)[nH]c(CCC(=O)N3CCC(=Cc4ccccc4F)CC3)nc21. The van der Waals surface area contributed by atoms with E-state index >= 15 is 0 Å².